The Bertz CT molecular complexity index is 528. The van der Waals surface area contributed by atoms with Gasteiger partial charge in [0.15, 0.2) is 0 Å². The summed E-state index contributed by atoms with van der Waals surface area (Å²) in [5.74, 6) is -0.0455. The first-order valence-corrected chi connectivity index (χ1v) is 7.09. The van der Waals surface area contributed by atoms with Crippen LogP contribution in [0.2, 0.25) is 5.02 Å². The molecule has 0 aliphatic carbocycles. The average Bonchev–Trinajstić information content (AvgIpc) is 2.42. The third kappa shape index (κ3) is 5.01. The van der Waals surface area contributed by atoms with Gasteiger partial charge in [0.05, 0.1) is 6.10 Å². The standard InChI is InChI=1S/C17H20ClNO.ClH/c1-19(2)12-16(20)17(13-6-4-3-5-7-13)14-8-10-15(18)11-9-14;/h3-11,16-17,20H,12H2,1-2H3;1H. The molecule has 21 heavy (non-hydrogen) atoms. The van der Waals surface area contributed by atoms with E-state index in [1.165, 1.54) is 0 Å². The van der Waals surface area contributed by atoms with Crippen LogP contribution in [0.25, 0.3) is 0 Å². The zero-order valence-electron chi connectivity index (χ0n) is 12.2. The zero-order chi connectivity index (χ0) is 14.5. The Hall–Kier alpha value is -1.06. The highest BCUT2D eigenvalue weighted by Gasteiger charge is 2.23. The van der Waals surface area contributed by atoms with Crippen molar-refractivity contribution >= 4 is 24.0 Å². The van der Waals surface area contributed by atoms with E-state index < -0.39 is 6.10 Å². The molecule has 0 saturated heterocycles. The Morgan fingerprint density at radius 2 is 1.48 bits per heavy atom. The predicted molar refractivity (Wildman–Crippen MR) is 91.5 cm³/mol. The van der Waals surface area contributed by atoms with Crippen LogP contribution in [-0.4, -0.2) is 36.8 Å². The Labute approximate surface area is 137 Å². The van der Waals surface area contributed by atoms with Gasteiger partial charge in [0.1, 0.15) is 0 Å². The van der Waals surface area contributed by atoms with Crippen LogP contribution in [0.1, 0.15) is 17.0 Å². The molecule has 2 atom stereocenters. The lowest BCUT2D eigenvalue weighted by Crippen LogP contribution is -2.31. The predicted octanol–water partition coefficient (Wildman–Crippen LogP) is 3.82. The van der Waals surface area contributed by atoms with Crippen LogP contribution in [0.4, 0.5) is 0 Å². The van der Waals surface area contributed by atoms with Crippen molar-refractivity contribution < 1.29 is 5.11 Å². The van der Waals surface area contributed by atoms with Crippen molar-refractivity contribution in [1.82, 2.24) is 4.90 Å². The largest absolute Gasteiger partial charge is 0.391 e. The molecule has 1 N–H and O–H groups in total. The van der Waals surface area contributed by atoms with E-state index in [1.807, 2.05) is 61.5 Å². The van der Waals surface area contributed by atoms with Gasteiger partial charge in [-0.1, -0.05) is 54.1 Å². The van der Waals surface area contributed by atoms with E-state index in [0.29, 0.717) is 11.6 Å². The number of hydrogen-bond acceptors (Lipinski definition) is 2. The summed E-state index contributed by atoms with van der Waals surface area (Å²) in [6, 6.07) is 17.8. The Morgan fingerprint density at radius 1 is 0.952 bits per heavy atom. The molecule has 2 rings (SSSR count). The van der Waals surface area contributed by atoms with Gasteiger partial charge in [0.25, 0.3) is 0 Å². The van der Waals surface area contributed by atoms with Crippen LogP contribution in [-0.2, 0) is 0 Å². The summed E-state index contributed by atoms with van der Waals surface area (Å²) in [6.07, 6.45) is -0.464. The van der Waals surface area contributed by atoms with Gasteiger partial charge in [0, 0.05) is 17.5 Å². The molecule has 2 aromatic rings. The first-order chi connectivity index (χ1) is 9.58. The van der Waals surface area contributed by atoms with Crippen molar-refractivity contribution in [3.63, 3.8) is 0 Å². The minimum Gasteiger partial charge on any atom is -0.391 e. The van der Waals surface area contributed by atoms with Crippen LogP contribution in [0.5, 0.6) is 0 Å². The van der Waals surface area contributed by atoms with E-state index in [0.717, 1.165) is 11.1 Å². The molecule has 2 unspecified atom stereocenters. The van der Waals surface area contributed by atoms with E-state index >= 15 is 0 Å². The maximum Gasteiger partial charge on any atom is 0.0775 e. The van der Waals surface area contributed by atoms with Crippen molar-refractivity contribution in [3.8, 4) is 0 Å². The summed E-state index contributed by atoms with van der Waals surface area (Å²) >= 11 is 5.96. The molecule has 0 saturated carbocycles. The van der Waals surface area contributed by atoms with Crippen LogP contribution >= 0.6 is 24.0 Å². The average molecular weight is 326 g/mol. The molecule has 2 nitrogen and oxygen atoms in total. The molecule has 0 radical (unpaired) electrons. The number of rotatable bonds is 5. The topological polar surface area (TPSA) is 23.5 Å². The quantitative estimate of drug-likeness (QED) is 0.903. The summed E-state index contributed by atoms with van der Waals surface area (Å²) < 4.78 is 0. The Morgan fingerprint density at radius 3 is 2.00 bits per heavy atom. The van der Waals surface area contributed by atoms with Crippen molar-refractivity contribution in [1.29, 1.82) is 0 Å². The smallest absolute Gasteiger partial charge is 0.0775 e. The van der Waals surface area contributed by atoms with Gasteiger partial charge in [-0.2, -0.15) is 0 Å². The third-order valence-corrected chi connectivity index (χ3v) is 3.58. The molecule has 114 valence electrons. The number of hydrogen-bond donors (Lipinski definition) is 1. The molecule has 0 amide bonds. The molecular weight excluding hydrogens is 305 g/mol. The molecule has 4 heteroatoms. The maximum atomic E-state index is 10.6. The molecular formula is C17H21Cl2NO. The van der Waals surface area contributed by atoms with Crippen LogP contribution in [0.3, 0.4) is 0 Å². The van der Waals surface area contributed by atoms with Crippen molar-refractivity contribution in [2.45, 2.75) is 12.0 Å². The number of halogens is 2. The molecule has 0 aliphatic heterocycles. The number of nitrogens with zero attached hydrogens (tertiary/aromatic N) is 1. The molecule has 0 aromatic heterocycles. The highest BCUT2D eigenvalue weighted by atomic mass is 35.5. The van der Waals surface area contributed by atoms with Crippen LogP contribution in [0.15, 0.2) is 54.6 Å². The second kappa shape index (κ2) is 8.40. The molecule has 0 aliphatic rings. The number of aliphatic hydroxyl groups excluding tert-OH is 1. The highest BCUT2D eigenvalue weighted by molar-refractivity contribution is 6.30. The van der Waals surface area contributed by atoms with Gasteiger partial charge in [-0.15, -0.1) is 12.4 Å². The maximum absolute atomic E-state index is 10.6. The van der Waals surface area contributed by atoms with E-state index in [-0.39, 0.29) is 18.3 Å². The zero-order valence-corrected chi connectivity index (χ0v) is 13.8. The summed E-state index contributed by atoms with van der Waals surface area (Å²) in [7, 11) is 3.93. The van der Waals surface area contributed by atoms with E-state index in [9.17, 15) is 5.11 Å². The summed E-state index contributed by atoms with van der Waals surface area (Å²) in [6.45, 7) is 0.613. The Kier molecular flexibility index (Phi) is 7.20. The first-order valence-electron chi connectivity index (χ1n) is 6.71. The van der Waals surface area contributed by atoms with Gasteiger partial charge >= 0.3 is 0 Å². The minimum atomic E-state index is -0.464. The van der Waals surface area contributed by atoms with E-state index in [1.54, 1.807) is 0 Å². The summed E-state index contributed by atoms with van der Waals surface area (Å²) in [5.41, 5.74) is 2.19. The van der Waals surface area contributed by atoms with Crippen molar-refractivity contribution in [3.05, 3.63) is 70.7 Å². The van der Waals surface area contributed by atoms with Crippen LogP contribution < -0.4 is 0 Å². The van der Waals surface area contributed by atoms with Crippen molar-refractivity contribution in [2.24, 2.45) is 0 Å². The molecule has 0 fully saturated rings. The van der Waals surface area contributed by atoms with Gasteiger partial charge in [-0.05, 0) is 37.4 Å². The summed E-state index contributed by atoms with van der Waals surface area (Å²) in [5, 5.41) is 11.3. The number of aliphatic hydroxyl groups is 1. The Balaban J connectivity index is 0.00000220. The van der Waals surface area contributed by atoms with Gasteiger partial charge in [-0.3, -0.25) is 0 Å². The van der Waals surface area contributed by atoms with Gasteiger partial charge in [-0.25, -0.2) is 0 Å². The molecule has 0 heterocycles. The van der Waals surface area contributed by atoms with Crippen LogP contribution in [0, 0.1) is 0 Å². The lowest BCUT2D eigenvalue weighted by Gasteiger charge is -2.26. The van der Waals surface area contributed by atoms with E-state index in [2.05, 4.69) is 12.1 Å². The fourth-order valence-corrected chi connectivity index (χ4v) is 2.57. The third-order valence-electron chi connectivity index (χ3n) is 3.32. The second-order valence-corrected chi connectivity index (χ2v) is 5.71. The molecule has 0 bridgehead atoms. The second-order valence-electron chi connectivity index (χ2n) is 5.27. The monoisotopic (exact) mass is 325 g/mol. The van der Waals surface area contributed by atoms with Gasteiger partial charge < -0.3 is 10.0 Å². The fraction of sp³-hybridized carbons (Fsp3) is 0.294. The first kappa shape index (κ1) is 18.0. The number of benzene rings is 2. The summed E-state index contributed by atoms with van der Waals surface area (Å²) in [4.78, 5) is 2.00. The normalized spacial score (nSPS) is 13.6. The lowest BCUT2D eigenvalue weighted by atomic mass is 9.86. The van der Waals surface area contributed by atoms with Gasteiger partial charge in [0.2, 0.25) is 0 Å². The molecule has 2 aromatic carbocycles. The lowest BCUT2D eigenvalue weighted by molar-refractivity contribution is 0.121. The van der Waals surface area contributed by atoms with E-state index in [4.69, 9.17) is 11.6 Å². The highest BCUT2D eigenvalue weighted by Crippen LogP contribution is 2.29. The number of likely N-dealkylation sites (N-methyl/N-ethyl adjacent to an activating group) is 1. The minimum absolute atomic E-state index is 0. The fourth-order valence-electron chi connectivity index (χ4n) is 2.45. The molecule has 0 spiro atoms. The van der Waals surface area contributed by atoms with Crippen molar-refractivity contribution in [2.75, 3.05) is 20.6 Å². The SMILES string of the molecule is CN(C)CC(O)C(c1ccccc1)c1ccc(Cl)cc1.Cl.